The zero-order valence-corrected chi connectivity index (χ0v) is 12.6. The first-order chi connectivity index (χ1) is 9.56. The van der Waals surface area contributed by atoms with Gasteiger partial charge in [0.1, 0.15) is 5.82 Å². The van der Waals surface area contributed by atoms with Gasteiger partial charge in [0.15, 0.2) is 0 Å². The molecule has 0 saturated carbocycles. The number of piperazine rings is 1. The molecule has 6 nitrogen and oxygen atoms in total. The van der Waals surface area contributed by atoms with Crippen molar-refractivity contribution in [3.8, 4) is 0 Å². The van der Waals surface area contributed by atoms with E-state index in [9.17, 15) is 4.79 Å². The van der Waals surface area contributed by atoms with E-state index in [0.717, 1.165) is 32.7 Å². The van der Waals surface area contributed by atoms with E-state index in [-0.39, 0.29) is 5.56 Å². The van der Waals surface area contributed by atoms with Crippen LogP contribution in [-0.2, 0) is 0 Å². The van der Waals surface area contributed by atoms with Crippen molar-refractivity contribution >= 4 is 5.82 Å². The SMILES string of the molecule is CC(C)C(CNc1cc(=O)[nH]cn1)N1CCN(C)CC1. The number of nitrogens with zero attached hydrogens (tertiary/aromatic N) is 3. The Hall–Kier alpha value is -1.40. The Kier molecular flexibility index (Phi) is 5.14. The quantitative estimate of drug-likeness (QED) is 0.819. The molecule has 0 amide bonds. The molecule has 1 aliphatic rings. The van der Waals surface area contributed by atoms with Crippen LogP contribution in [0.15, 0.2) is 17.2 Å². The van der Waals surface area contributed by atoms with Gasteiger partial charge in [-0.25, -0.2) is 4.98 Å². The molecule has 0 spiro atoms. The van der Waals surface area contributed by atoms with Crippen molar-refractivity contribution in [2.45, 2.75) is 19.9 Å². The first-order valence-corrected chi connectivity index (χ1v) is 7.27. The fraction of sp³-hybridized carbons (Fsp3) is 0.714. The minimum atomic E-state index is -0.122. The third-order valence-corrected chi connectivity index (χ3v) is 3.95. The van der Waals surface area contributed by atoms with Gasteiger partial charge in [0.05, 0.1) is 6.33 Å². The predicted molar refractivity (Wildman–Crippen MR) is 81.0 cm³/mol. The Morgan fingerprint density at radius 1 is 1.35 bits per heavy atom. The monoisotopic (exact) mass is 279 g/mol. The van der Waals surface area contributed by atoms with Crippen LogP contribution in [0.4, 0.5) is 5.82 Å². The van der Waals surface area contributed by atoms with E-state index in [2.05, 4.69) is 46.0 Å². The van der Waals surface area contributed by atoms with Gasteiger partial charge in [0, 0.05) is 44.8 Å². The van der Waals surface area contributed by atoms with E-state index in [1.165, 1.54) is 12.4 Å². The number of hydrogen-bond acceptors (Lipinski definition) is 5. The van der Waals surface area contributed by atoms with Crippen molar-refractivity contribution in [1.29, 1.82) is 0 Å². The van der Waals surface area contributed by atoms with Crippen LogP contribution in [0, 0.1) is 5.92 Å². The maximum absolute atomic E-state index is 11.3. The van der Waals surface area contributed by atoms with Crippen molar-refractivity contribution < 1.29 is 0 Å². The van der Waals surface area contributed by atoms with Gasteiger partial charge in [-0.15, -0.1) is 0 Å². The van der Waals surface area contributed by atoms with E-state index in [1.807, 2.05) is 0 Å². The summed E-state index contributed by atoms with van der Waals surface area (Å²) in [6.07, 6.45) is 1.44. The molecule has 0 bridgehead atoms. The minimum absolute atomic E-state index is 0.122. The van der Waals surface area contributed by atoms with Gasteiger partial charge in [-0.2, -0.15) is 0 Å². The molecule has 0 aromatic carbocycles. The molecule has 2 heterocycles. The van der Waals surface area contributed by atoms with Crippen molar-refractivity contribution in [3.63, 3.8) is 0 Å². The average Bonchev–Trinajstić information content (AvgIpc) is 2.41. The second-order valence-corrected chi connectivity index (χ2v) is 5.83. The number of hydrogen-bond donors (Lipinski definition) is 2. The molecule has 2 N–H and O–H groups in total. The number of nitrogens with one attached hydrogen (secondary N) is 2. The topological polar surface area (TPSA) is 64.3 Å². The Balaban J connectivity index is 1.94. The maximum Gasteiger partial charge on any atom is 0.252 e. The number of rotatable bonds is 5. The third-order valence-electron chi connectivity index (χ3n) is 3.95. The molecule has 1 saturated heterocycles. The summed E-state index contributed by atoms with van der Waals surface area (Å²) in [5.41, 5.74) is -0.122. The zero-order chi connectivity index (χ0) is 14.5. The molecule has 112 valence electrons. The Morgan fingerprint density at radius 3 is 2.65 bits per heavy atom. The fourth-order valence-electron chi connectivity index (χ4n) is 2.61. The number of anilines is 1. The van der Waals surface area contributed by atoms with Crippen molar-refractivity contribution in [2.75, 3.05) is 45.1 Å². The van der Waals surface area contributed by atoms with Crippen molar-refractivity contribution in [1.82, 2.24) is 19.8 Å². The van der Waals surface area contributed by atoms with Gasteiger partial charge < -0.3 is 15.2 Å². The van der Waals surface area contributed by atoms with Crippen LogP contribution in [0.1, 0.15) is 13.8 Å². The Bertz CT molecular complexity index is 465. The number of likely N-dealkylation sites (N-methyl/N-ethyl adjacent to an activating group) is 1. The van der Waals surface area contributed by atoms with Crippen LogP contribution >= 0.6 is 0 Å². The van der Waals surface area contributed by atoms with Gasteiger partial charge in [-0.3, -0.25) is 9.69 Å². The second kappa shape index (κ2) is 6.85. The van der Waals surface area contributed by atoms with Crippen LogP contribution < -0.4 is 10.9 Å². The summed E-state index contributed by atoms with van der Waals surface area (Å²) in [6.45, 7) is 9.75. The molecular formula is C14H25N5O. The Labute approximate surface area is 120 Å². The molecule has 0 aliphatic carbocycles. The Morgan fingerprint density at radius 2 is 2.05 bits per heavy atom. The van der Waals surface area contributed by atoms with E-state index in [0.29, 0.717) is 17.8 Å². The highest BCUT2D eigenvalue weighted by Gasteiger charge is 2.24. The van der Waals surface area contributed by atoms with Crippen molar-refractivity contribution in [3.05, 3.63) is 22.7 Å². The number of aromatic nitrogens is 2. The summed E-state index contributed by atoms with van der Waals surface area (Å²) < 4.78 is 0. The van der Waals surface area contributed by atoms with Crippen LogP contribution in [0.5, 0.6) is 0 Å². The highest BCUT2D eigenvalue weighted by Crippen LogP contribution is 2.14. The lowest BCUT2D eigenvalue weighted by Gasteiger charge is -2.40. The van der Waals surface area contributed by atoms with E-state index in [1.54, 1.807) is 0 Å². The molecular weight excluding hydrogens is 254 g/mol. The normalized spacial score (nSPS) is 19.2. The van der Waals surface area contributed by atoms with Crippen LogP contribution in [0.2, 0.25) is 0 Å². The maximum atomic E-state index is 11.3. The fourth-order valence-corrected chi connectivity index (χ4v) is 2.61. The number of aromatic amines is 1. The lowest BCUT2D eigenvalue weighted by Crippen LogP contribution is -2.52. The van der Waals surface area contributed by atoms with Gasteiger partial charge in [0.25, 0.3) is 5.56 Å². The second-order valence-electron chi connectivity index (χ2n) is 5.83. The largest absolute Gasteiger partial charge is 0.368 e. The molecule has 1 unspecified atom stereocenters. The molecule has 6 heteroatoms. The van der Waals surface area contributed by atoms with E-state index in [4.69, 9.17) is 0 Å². The summed E-state index contributed by atoms with van der Waals surface area (Å²) >= 11 is 0. The lowest BCUT2D eigenvalue weighted by atomic mass is 10.0. The number of H-pyrrole nitrogens is 1. The van der Waals surface area contributed by atoms with Gasteiger partial charge in [-0.05, 0) is 13.0 Å². The smallest absolute Gasteiger partial charge is 0.252 e. The molecule has 1 fully saturated rings. The van der Waals surface area contributed by atoms with Crippen molar-refractivity contribution in [2.24, 2.45) is 5.92 Å². The minimum Gasteiger partial charge on any atom is -0.368 e. The first kappa shape index (κ1) is 15.0. The molecule has 1 aliphatic heterocycles. The summed E-state index contributed by atoms with van der Waals surface area (Å²) in [5, 5.41) is 3.29. The van der Waals surface area contributed by atoms with Crippen LogP contribution in [0.3, 0.4) is 0 Å². The summed E-state index contributed by atoms with van der Waals surface area (Å²) in [5.74, 6) is 1.21. The van der Waals surface area contributed by atoms with Gasteiger partial charge >= 0.3 is 0 Å². The predicted octanol–water partition coefficient (Wildman–Crippen LogP) is 0.454. The molecule has 1 atom stereocenters. The van der Waals surface area contributed by atoms with Gasteiger partial charge in [0.2, 0.25) is 0 Å². The zero-order valence-electron chi connectivity index (χ0n) is 12.6. The molecule has 20 heavy (non-hydrogen) atoms. The molecule has 0 radical (unpaired) electrons. The highest BCUT2D eigenvalue weighted by molar-refractivity contribution is 5.31. The molecule has 2 rings (SSSR count). The average molecular weight is 279 g/mol. The third kappa shape index (κ3) is 4.05. The van der Waals surface area contributed by atoms with Gasteiger partial charge in [-0.1, -0.05) is 13.8 Å². The summed E-state index contributed by atoms with van der Waals surface area (Å²) in [6, 6.07) is 1.96. The van der Waals surface area contributed by atoms with Crippen LogP contribution in [-0.4, -0.2) is 65.6 Å². The summed E-state index contributed by atoms with van der Waals surface area (Å²) in [7, 11) is 2.17. The molecule has 1 aromatic heterocycles. The van der Waals surface area contributed by atoms with Crippen LogP contribution in [0.25, 0.3) is 0 Å². The standard InChI is InChI=1S/C14H25N5O/c1-11(2)12(19-6-4-18(3)5-7-19)9-15-13-8-14(20)17-10-16-13/h8,10-12H,4-7,9H2,1-3H3,(H2,15,16,17,20). The van der Waals surface area contributed by atoms with E-state index >= 15 is 0 Å². The first-order valence-electron chi connectivity index (χ1n) is 7.27. The van der Waals surface area contributed by atoms with E-state index < -0.39 is 0 Å². The summed E-state index contributed by atoms with van der Waals surface area (Å²) in [4.78, 5) is 22.8. The lowest BCUT2D eigenvalue weighted by molar-refractivity contribution is 0.0944. The molecule has 1 aromatic rings. The highest BCUT2D eigenvalue weighted by atomic mass is 16.1.